The zero-order valence-corrected chi connectivity index (χ0v) is 11.3. The predicted octanol–water partition coefficient (Wildman–Crippen LogP) is 3.11. The summed E-state index contributed by atoms with van der Waals surface area (Å²) in [6.45, 7) is 4.08. The lowest BCUT2D eigenvalue weighted by Crippen LogP contribution is -2.17. The molecule has 0 aliphatic carbocycles. The number of methoxy groups -OCH3 is 1. The van der Waals surface area contributed by atoms with Gasteiger partial charge in [-0.25, -0.2) is 0 Å². The molecule has 1 atom stereocenters. The SMILES string of the molecule is CNCC(CCCCOC)c1cccc(C)c1. The first-order valence-electron chi connectivity index (χ1n) is 6.48. The highest BCUT2D eigenvalue weighted by Crippen LogP contribution is 2.22. The Bertz CT molecular complexity index is 312. The smallest absolute Gasteiger partial charge is 0.0462 e. The Morgan fingerprint density at radius 3 is 2.76 bits per heavy atom. The summed E-state index contributed by atoms with van der Waals surface area (Å²) in [6.07, 6.45) is 3.62. The van der Waals surface area contributed by atoms with Gasteiger partial charge in [0.15, 0.2) is 0 Å². The number of benzene rings is 1. The molecule has 0 aromatic heterocycles. The number of nitrogens with one attached hydrogen (secondary N) is 1. The van der Waals surface area contributed by atoms with Crippen LogP contribution >= 0.6 is 0 Å². The summed E-state index contributed by atoms with van der Waals surface area (Å²) >= 11 is 0. The van der Waals surface area contributed by atoms with Crippen LogP contribution in [0.5, 0.6) is 0 Å². The van der Waals surface area contributed by atoms with E-state index >= 15 is 0 Å². The molecule has 0 fully saturated rings. The van der Waals surface area contributed by atoms with E-state index < -0.39 is 0 Å². The molecular formula is C15H25NO. The van der Waals surface area contributed by atoms with Crippen molar-refractivity contribution in [2.24, 2.45) is 0 Å². The molecule has 0 amide bonds. The molecule has 0 radical (unpaired) electrons. The number of rotatable bonds is 8. The maximum Gasteiger partial charge on any atom is 0.0462 e. The van der Waals surface area contributed by atoms with Gasteiger partial charge >= 0.3 is 0 Å². The van der Waals surface area contributed by atoms with Crippen molar-refractivity contribution in [3.63, 3.8) is 0 Å². The number of unbranched alkanes of at least 4 members (excludes halogenated alkanes) is 1. The quantitative estimate of drug-likeness (QED) is 0.699. The molecule has 1 unspecified atom stereocenters. The largest absolute Gasteiger partial charge is 0.385 e. The molecule has 0 heterocycles. The van der Waals surface area contributed by atoms with Gasteiger partial charge in [0.2, 0.25) is 0 Å². The van der Waals surface area contributed by atoms with Crippen LogP contribution in [-0.4, -0.2) is 27.3 Å². The average molecular weight is 235 g/mol. The maximum absolute atomic E-state index is 5.09. The average Bonchev–Trinajstić information content (AvgIpc) is 2.33. The number of aryl methyl sites for hydroxylation is 1. The van der Waals surface area contributed by atoms with Gasteiger partial charge in [-0.15, -0.1) is 0 Å². The molecule has 96 valence electrons. The lowest BCUT2D eigenvalue weighted by molar-refractivity contribution is 0.191. The summed E-state index contributed by atoms with van der Waals surface area (Å²) in [4.78, 5) is 0. The zero-order chi connectivity index (χ0) is 12.5. The van der Waals surface area contributed by atoms with Crippen molar-refractivity contribution >= 4 is 0 Å². The van der Waals surface area contributed by atoms with E-state index in [1.165, 1.54) is 24.0 Å². The molecule has 2 nitrogen and oxygen atoms in total. The Balaban J connectivity index is 2.52. The predicted molar refractivity (Wildman–Crippen MR) is 73.6 cm³/mol. The van der Waals surface area contributed by atoms with Crippen molar-refractivity contribution < 1.29 is 4.74 Å². The molecule has 0 aliphatic heterocycles. The Kier molecular flexibility index (Phi) is 6.90. The summed E-state index contributed by atoms with van der Waals surface area (Å²) in [6, 6.07) is 8.86. The van der Waals surface area contributed by atoms with Crippen molar-refractivity contribution in [2.45, 2.75) is 32.1 Å². The molecule has 0 saturated heterocycles. The fraction of sp³-hybridized carbons (Fsp3) is 0.600. The molecule has 1 rings (SSSR count). The normalized spacial score (nSPS) is 12.6. The first-order valence-corrected chi connectivity index (χ1v) is 6.48. The van der Waals surface area contributed by atoms with E-state index in [0.29, 0.717) is 5.92 Å². The van der Waals surface area contributed by atoms with E-state index in [-0.39, 0.29) is 0 Å². The second-order valence-corrected chi connectivity index (χ2v) is 4.66. The second kappa shape index (κ2) is 8.26. The molecule has 2 heteroatoms. The van der Waals surface area contributed by atoms with Crippen LogP contribution in [0.1, 0.15) is 36.3 Å². The van der Waals surface area contributed by atoms with Gasteiger partial charge in [-0.05, 0) is 38.3 Å². The van der Waals surface area contributed by atoms with E-state index in [1.807, 2.05) is 7.05 Å². The van der Waals surface area contributed by atoms with Crippen LogP contribution in [0.2, 0.25) is 0 Å². The van der Waals surface area contributed by atoms with E-state index in [0.717, 1.165) is 19.6 Å². The van der Waals surface area contributed by atoms with Crippen molar-refractivity contribution in [1.29, 1.82) is 0 Å². The highest BCUT2D eigenvalue weighted by Gasteiger charge is 2.10. The number of ether oxygens (including phenoxy) is 1. The van der Waals surface area contributed by atoms with Gasteiger partial charge in [0, 0.05) is 20.3 Å². The molecule has 0 spiro atoms. The van der Waals surface area contributed by atoms with Gasteiger partial charge < -0.3 is 10.1 Å². The lowest BCUT2D eigenvalue weighted by atomic mass is 9.92. The summed E-state index contributed by atoms with van der Waals surface area (Å²) < 4.78 is 5.09. The first-order chi connectivity index (χ1) is 8.27. The minimum absolute atomic E-state index is 0.622. The molecule has 1 N–H and O–H groups in total. The number of hydrogen-bond acceptors (Lipinski definition) is 2. The van der Waals surface area contributed by atoms with Gasteiger partial charge in [-0.3, -0.25) is 0 Å². The van der Waals surface area contributed by atoms with Crippen LogP contribution in [0.25, 0.3) is 0 Å². The minimum Gasteiger partial charge on any atom is -0.385 e. The van der Waals surface area contributed by atoms with Gasteiger partial charge in [0.25, 0.3) is 0 Å². The number of likely N-dealkylation sites (N-methyl/N-ethyl adjacent to an activating group) is 1. The maximum atomic E-state index is 5.09. The Morgan fingerprint density at radius 2 is 2.12 bits per heavy atom. The van der Waals surface area contributed by atoms with Gasteiger partial charge in [-0.2, -0.15) is 0 Å². The van der Waals surface area contributed by atoms with Crippen LogP contribution in [0.3, 0.4) is 0 Å². The van der Waals surface area contributed by atoms with Crippen molar-refractivity contribution in [3.8, 4) is 0 Å². The van der Waals surface area contributed by atoms with E-state index in [1.54, 1.807) is 7.11 Å². The van der Waals surface area contributed by atoms with Crippen molar-refractivity contribution in [1.82, 2.24) is 5.32 Å². The van der Waals surface area contributed by atoms with Gasteiger partial charge in [0.05, 0.1) is 0 Å². The summed E-state index contributed by atoms with van der Waals surface area (Å²) in [5.74, 6) is 0.622. The summed E-state index contributed by atoms with van der Waals surface area (Å²) in [7, 11) is 3.80. The Hall–Kier alpha value is -0.860. The molecule has 0 bridgehead atoms. The van der Waals surface area contributed by atoms with Crippen molar-refractivity contribution in [2.75, 3.05) is 27.3 Å². The summed E-state index contributed by atoms with van der Waals surface area (Å²) in [5.41, 5.74) is 2.80. The third kappa shape index (κ3) is 5.33. The molecule has 1 aromatic rings. The standard InChI is InChI=1S/C15H25NO/c1-13-7-6-9-14(11-13)15(12-16-2)8-4-5-10-17-3/h6-7,9,11,15-16H,4-5,8,10,12H2,1-3H3. The van der Waals surface area contributed by atoms with Gasteiger partial charge in [0.1, 0.15) is 0 Å². The van der Waals surface area contributed by atoms with Crippen LogP contribution in [0.15, 0.2) is 24.3 Å². The molecule has 17 heavy (non-hydrogen) atoms. The Morgan fingerprint density at radius 1 is 1.29 bits per heavy atom. The van der Waals surface area contributed by atoms with E-state index in [9.17, 15) is 0 Å². The second-order valence-electron chi connectivity index (χ2n) is 4.66. The van der Waals surface area contributed by atoms with E-state index in [4.69, 9.17) is 4.74 Å². The summed E-state index contributed by atoms with van der Waals surface area (Å²) in [5, 5.41) is 3.30. The molecule has 0 saturated carbocycles. The third-order valence-corrected chi connectivity index (χ3v) is 3.12. The topological polar surface area (TPSA) is 21.3 Å². The highest BCUT2D eigenvalue weighted by molar-refractivity contribution is 5.25. The van der Waals surface area contributed by atoms with Crippen LogP contribution in [0, 0.1) is 6.92 Å². The van der Waals surface area contributed by atoms with Crippen LogP contribution < -0.4 is 5.32 Å². The molecule has 0 aliphatic rings. The van der Waals surface area contributed by atoms with Gasteiger partial charge in [-0.1, -0.05) is 36.2 Å². The monoisotopic (exact) mass is 235 g/mol. The first kappa shape index (κ1) is 14.2. The number of hydrogen-bond donors (Lipinski definition) is 1. The highest BCUT2D eigenvalue weighted by atomic mass is 16.5. The Labute approximate surface area is 105 Å². The fourth-order valence-corrected chi connectivity index (χ4v) is 2.19. The van der Waals surface area contributed by atoms with Crippen LogP contribution in [-0.2, 0) is 4.74 Å². The van der Waals surface area contributed by atoms with Crippen molar-refractivity contribution in [3.05, 3.63) is 35.4 Å². The van der Waals surface area contributed by atoms with Crippen LogP contribution in [0.4, 0.5) is 0 Å². The zero-order valence-electron chi connectivity index (χ0n) is 11.3. The minimum atomic E-state index is 0.622. The lowest BCUT2D eigenvalue weighted by Gasteiger charge is -2.17. The molecular weight excluding hydrogens is 210 g/mol. The fourth-order valence-electron chi connectivity index (χ4n) is 2.19. The van der Waals surface area contributed by atoms with E-state index in [2.05, 4.69) is 36.5 Å². The third-order valence-electron chi connectivity index (χ3n) is 3.12. The molecule has 1 aromatic carbocycles.